The summed E-state index contributed by atoms with van der Waals surface area (Å²) >= 11 is 0. The molecule has 0 spiro atoms. The number of ketones is 1. The van der Waals surface area contributed by atoms with Gasteiger partial charge in [0, 0.05) is 6.42 Å². The lowest BCUT2D eigenvalue weighted by Gasteiger charge is -2.16. The van der Waals surface area contributed by atoms with E-state index in [1.807, 2.05) is 69.3 Å². The van der Waals surface area contributed by atoms with Crippen LogP contribution < -0.4 is 14.8 Å². The first-order valence-electron chi connectivity index (χ1n) is 9.60. The second-order valence-electron chi connectivity index (χ2n) is 7.16. The van der Waals surface area contributed by atoms with Gasteiger partial charge in [0.25, 0.3) is 5.91 Å². The Labute approximate surface area is 167 Å². The van der Waals surface area contributed by atoms with Gasteiger partial charge >= 0.3 is 0 Å². The Bertz CT molecular complexity index is 766. The Morgan fingerprint density at radius 2 is 1.54 bits per heavy atom. The van der Waals surface area contributed by atoms with Gasteiger partial charge in [-0.05, 0) is 69.5 Å². The van der Waals surface area contributed by atoms with Gasteiger partial charge in [0.05, 0.1) is 12.1 Å². The molecule has 28 heavy (non-hydrogen) atoms. The van der Waals surface area contributed by atoms with Gasteiger partial charge in [0.2, 0.25) is 0 Å². The van der Waals surface area contributed by atoms with Crippen LogP contribution >= 0.6 is 0 Å². The fraction of sp³-hybridized carbons (Fsp3) is 0.391. The van der Waals surface area contributed by atoms with E-state index in [-0.39, 0.29) is 30.4 Å². The molecule has 1 unspecified atom stereocenters. The van der Waals surface area contributed by atoms with Crippen molar-refractivity contribution in [3.63, 3.8) is 0 Å². The van der Waals surface area contributed by atoms with Crippen LogP contribution in [0.3, 0.4) is 0 Å². The minimum Gasteiger partial charge on any atom is -0.491 e. The van der Waals surface area contributed by atoms with Crippen LogP contribution in [0.2, 0.25) is 0 Å². The highest BCUT2D eigenvalue weighted by atomic mass is 16.5. The Morgan fingerprint density at radius 1 is 0.929 bits per heavy atom. The molecule has 0 radical (unpaired) electrons. The Hall–Kier alpha value is -2.82. The second kappa shape index (κ2) is 10.5. The molecule has 0 saturated carbocycles. The van der Waals surface area contributed by atoms with Crippen molar-refractivity contribution in [3.8, 4) is 11.5 Å². The van der Waals surface area contributed by atoms with Crippen molar-refractivity contribution in [1.29, 1.82) is 0 Å². The topological polar surface area (TPSA) is 64.6 Å². The average molecular weight is 383 g/mol. The zero-order chi connectivity index (χ0) is 20.5. The Balaban J connectivity index is 1.79. The molecular weight excluding hydrogens is 354 g/mol. The molecule has 2 aromatic carbocycles. The van der Waals surface area contributed by atoms with E-state index in [9.17, 15) is 9.59 Å². The fourth-order valence-electron chi connectivity index (χ4n) is 2.70. The molecule has 0 aliphatic rings. The lowest BCUT2D eigenvalue weighted by Crippen LogP contribution is -2.31. The van der Waals surface area contributed by atoms with E-state index in [0.717, 1.165) is 16.9 Å². The number of hydrogen-bond donors (Lipinski definition) is 1. The van der Waals surface area contributed by atoms with Crippen LogP contribution in [0.15, 0.2) is 48.5 Å². The molecule has 5 heteroatoms. The third kappa shape index (κ3) is 7.43. The second-order valence-corrected chi connectivity index (χ2v) is 7.16. The Morgan fingerprint density at radius 3 is 2.11 bits per heavy atom. The summed E-state index contributed by atoms with van der Waals surface area (Å²) in [6.45, 7) is 7.43. The first-order valence-corrected chi connectivity index (χ1v) is 9.60. The number of Topliss-reactive ketones (excluding diaryl/α,β-unsaturated/α-hetero) is 1. The summed E-state index contributed by atoms with van der Waals surface area (Å²) in [6.07, 6.45) is 1.38. The summed E-state index contributed by atoms with van der Waals surface area (Å²) in [7, 11) is 0. The number of amides is 1. The smallest absolute Gasteiger partial charge is 0.258 e. The maximum Gasteiger partial charge on any atom is 0.258 e. The number of carbonyl (C=O) groups excluding carboxylic acids is 2. The predicted octanol–water partition coefficient (Wildman–Crippen LogP) is 4.25. The molecule has 0 fully saturated rings. The van der Waals surface area contributed by atoms with E-state index < -0.39 is 0 Å². The highest BCUT2D eigenvalue weighted by Crippen LogP contribution is 2.19. The summed E-state index contributed by atoms with van der Waals surface area (Å²) in [6, 6.07) is 15.0. The molecule has 2 rings (SSSR count). The highest BCUT2D eigenvalue weighted by molar-refractivity contribution is 5.78. The van der Waals surface area contributed by atoms with E-state index in [2.05, 4.69) is 5.32 Å². The molecule has 0 bridgehead atoms. The van der Waals surface area contributed by atoms with E-state index >= 15 is 0 Å². The molecule has 0 saturated heterocycles. The first-order chi connectivity index (χ1) is 13.3. The average Bonchev–Trinajstić information content (AvgIpc) is 2.65. The molecule has 1 atom stereocenters. The van der Waals surface area contributed by atoms with Gasteiger partial charge in [-0.15, -0.1) is 0 Å². The van der Waals surface area contributed by atoms with Gasteiger partial charge < -0.3 is 19.6 Å². The number of rotatable bonds is 10. The number of aryl methyl sites for hydroxylation is 1. The molecule has 0 heterocycles. The van der Waals surface area contributed by atoms with Crippen LogP contribution in [-0.2, 0) is 16.0 Å². The van der Waals surface area contributed by atoms with Crippen LogP contribution in [0.5, 0.6) is 11.5 Å². The minimum absolute atomic E-state index is 0.0499. The van der Waals surface area contributed by atoms with Crippen LogP contribution in [-0.4, -0.2) is 24.4 Å². The van der Waals surface area contributed by atoms with Crippen molar-refractivity contribution in [1.82, 2.24) is 5.32 Å². The molecule has 0 aromatic heterocycles. The van der Waals surface area contributed by atoms with E-state index in [0.29, 0.717) is 18.6 Å². The van der Waals surface area contributed by atoms with Gasteiger partial charge in [0.1, 0.15) is 17.3 Å². The lowest BCUT2D eigenvalue weighted by atomic mass is 10.1. The third-order valence-electron chi connectivity index (χ3n) is 4.19. The molecule has 1 amide bonds. The number of ether oxygens (including phenoxy) is 2. The van der Waals surface area contributed by atoms with Gasteiger partial charge in [0.15, 0.2) is 6.61 Å². The predicted molar refractivity (Wildman–Crippen MR) is 110 cm³/mol. The summed E-state index contributed by atoms with van der Waals surface area (Å²) < 4.78 is 11.2. The van der Waals surface area contributed by atoms with Crippen molar-refractivity contribution in [2.24, 2.45) is 0 Å². The summed E-state index contributed by atoms with van der Waals surface area (Å²) in [5.74, 6) is 1.43. The fourth-order valence-corrected chi connectivity index (χ4v) is 2.70. The molecule has 0 aliphatic heterocycles. The zero-order valence-corrected chi connectivity index (χ0v) is 17.0. The monoisotopic (exact) mass is 383 g/mol. The van der Waals surface area contributed by atoms with Crippen molar-refractivity contribution in [2.45, 2.75) is 52.7 Å². The van der Waals surface area contributed by atoms with Crippen LogP contribution in [0.1, 0.15) is 51.3 Å². The van der Waals surface area contributed by atoms with E-state index in [1.165, 1.54) is 0 Å². The van der Waals surface area contributed by atoms with Crippen molar-refractivity contribution < 1.29 is 19.1 Å². The van der Waals surface area contributed by atoms with Gasteiger partial charge in [-0.1, -0.05) is 24.3 Å². The van der Waals surface area contributed by atoms with Crippen molar-refractivity contribution in [2.75, 3.05) is 6.61 Å². The van der Waals surface area contributed by atoms with Crippen LogP contribution in [0.4, 0.5) is 0 Å². The Kier molecular flexibility index (Phi) is 8.05. The standard InChI is InChI=1S/C23H29NO4/c1-16(2)28-22-13-9-20(10-14-22)18(4)24-23(26)15-27-21-11-7-19(8-12-21)6-5-17(3)25/h7-14,16,18H,5-6,15H2,1-4H3,(H,24,26). The lowest BCUT2D eigenvalue weighted by molar-refractivity contribution is -0.123. The van der Waals surface area contributed by atoms with Crippen molar-refractivity contribution >= 4 is 11.7 Å². The molecule has 5 nitrogen and oxygen atoms in total. The molecule has 2 aromatic rings. The largest absolute Gasteiger partial charge is 0.491 e. The van der Waals surface area contributed by atoms with E-state index in [4.69, 9.17) is 9.47 Å². The zero-order valence-electron chi connectivity index (χ0n) is 17.0. The molecule has 0 aliphatic carbocycles. The normalized spacial score (nSPS) is 11.8. The van der Waals surface area contributed by atoms with Gasteiger partial charge in [-0.3, -0.25) is 4.79 Å². The minimum atomic E-state index is -0.185. The van der Waals surface area contributed by atoms with Crippen molar-refractivity contribution in [3.05, 3.63) is 59.7 Å². The third-order valence-corrected chi connectivity index (χ3v) is 4.19. The van der Waals surface area contributed by atoms with Crippen LogP contribution in [0.25, 0.3) is 0 Å². The number of benzene rings is 2. The summed E-state index contributed by atoms with van der Waals surface area (Å²) in [5, 5.41) is 2.93. The summed E-state index contributed by atoms with van der Waals surface area (Å²) in [4.78, 5) is 23.2. The maximum atomic E-state index is 12.2. The summed E-state index contributed by atoms with van der Waals surface area (Å²) in [5.41, 5.74) is 2.07. The number of hydrogen-bond acceptors (Lipinski definition) is 4. The van der Waals surface area contributed by atoms with Gasteiger partial charge in [-0.25, -0.2) is 0 Å². The number of nitrogens with one attached hydrogen (secondary N) is 1. The SMILES string of the molecule is CC(=O)CCc1ccc(OCC(=O)NC(C)c2ccc(OC(C)C)cc2)cc1. The quantitative estimate of drug-likeness (QED) is 0.666. The first kappa shape index (κ1) is 21.5. The molecular formula is C23H29NO4. The maximum absolute atomic E-state index is 12.2. The van der Waals surface area contributed by atoms with Crippen LogP contribution in [0, 0.1) is 0 Å². The van der Waals surface area contributed by atoms with Gasteiger partial charge in [-0.2, -0.15) is 0 Å². The number of carbonyl (C=O) groups is 2. The molecule has 1 N–H and O–H groups in total. The highest BCUT2D eigenvalue weighted by Gasteiger charge is 2.11. The molecule has 150 valence electrons. The van der Waals surface area contributed by atoms with E-state index in [1.54, 1.807) is 6.92 Å².